The molecule has 0 saturated carbocycles. The lowest BCUT2D eigenvalue weighted by Gasteiger charge is -2.13. The molecule has 0 saturated heterocycles. The van der Waals surface area contributed by atoms with Gasteiger partial charge in [0.2, 0.25) is 5.91 Å². The van der Waals surface area contributed by atoms with Crippen molar-refractivity contribution in [1.82, 2.24) is 0 Å². The highest BCUT2D eigenvalue weighted by Gasteiger charge is 2.19. The average molecular weight is 318 g/mol. The fourth-order valence-corrected chi connectivity index (χ4v) is 1.82. The fraction of sp³-hybridized carbons (Fsp3) is 0.176. The van der Waals surface area contributed by atoms with Gasteiger partial charge in [-0.05, 0) is 24.3 Å². The second-order valence-electron chi connectivity index (χ2n) is 5.25. The summed E-state index contributed by atoms with van der Waals surface area (Å²) in [6, 6.07) is 10.3. The summed E-state index contributed by atoms with van der Waals surface area (Å²) in [6.45, 7) is 3.21. The van der Waals surface area contributed by atoms with Crippen molar-refractivity contribution in [3.8, 4) is 0 Å². The number of rotatable bonds is 4. The minimum atomic E-state index is -1.02. The third-order valence-corrected chi connectivity index (χ3v) is 3.15. The Morgan fingerprint density at radius 1 is 0.957 bits per heavy atom. The molecule has 6 heteroatoms. The molecule has 0 heterocycles. The first-order valence-corrected chi connectivity index (χ1v) is 7.05. The molecular formula is C17H16F2N2O2. The summed E-state index contributed by atoms with van der Waals surface area (Å²) in [5.41, 5.74) is -0.446. The van der Waals surface area contributed by atoms with Gasteiger partial charge in [-0.15, -0.1) is 0 Å². The Hall–Kier alpha value is -2.76. The second-order valence-corrected chi connectivity index (χ2v) is 5.25. The zero-order valence-corrected chi connectivity index (χ0v) is 12.7. The van der Waals surface area contributed by atoms with Crippen molar-refractivity contribution in [1.29, 1.82) is 0 Å². The average Bonchev–Trinajstić information content (AvgIpc) is 2.54. The van der Waals surface area contributed by atoms with E-state index in [1.807, 2.05) is 0 Å². The van der Waals surface area contributed by atoms with Crippen LogP contribution in [0.15, 0.2) is 42.5 Å². The van der Waals surface area contributed by atoms with Crippen molar-refractivity contribution in [2.75, 3.05) is 10.6 Å². The maximum atomic E-state index is 14.4. The fourth-order valence-electron chi connectivity index (χ4n) is 1.82. The van der Waals surface area contributed by atoms with Gasteiger partial charge >= 0.3 is 0 Å². The molecule has 2 N–H and O–H groups in total. The molecule has 0 fully saturated rings. The number of amides is 2. The number of anilines is 2. The van der Waals surface area contributed by atoms with Gasteiger partial charge in [-0.25, -0.2) is 8.78 Å². The highest BCUT2D eigenvalue weighted by atomic mass is 19.1. The molecule has 4 nitrogen and oxygen atoms in total. The highest BCUT2D eigenvalue weighted by Crippen LogP contribution is 2.26. The van der Waals surface area contributed by atoms with Crippen molar-refractivity contribution in [3.05, 3.63) is 59.7 Å². The molecule has 0 aromatic heterocycles. The van der Waals surface area contributed by atoms with Gasteiger partial charge in [0.1, 0.15) is 11.5 Å². The van der Waals surface area contributed by atoms with Crippen molar-refractivity contribution in [2.24, 2.45) is 5.92 Å². The number of carbonyl (C=O) groups excluding carboxylic acids is 2. The summed E-state index contributed by atoms with van der Waals surface area (Å²) < 4.78 is 28.1. The van der Waals surface area contributed by atoms with Crippen LogP contribution in [0.4, 0.5) is 20.2 Å². The normalized spacial score (nSPS) is 10.5. The van der Waals surface area contributed by atoms with E-state index in [2.05, 4.69) is 10.6 Å². The molecule has 0 atom stereocenters. The first kappa shape index (κ1) is 16.6. The summed E-state index contributed by atoms with van der Waals surface area (Å²) in [7, 11) is 0. The van der Waals surface area contributed by atoms with Crippen molar-refractivity contribution >= 4 is 23.2 Å². The molecule has 0 radical (unpaired) electrons. The SMILES string of the molecule is CC(C)C(=O)Nc1c(F)ccc(NC(=O)c2ccccc2)c1F. The van der Waals surface area contributed by atoms with Gasteiger partial charge in [0, 0.05) is 11.5 Å². The van der Waals surface area contributed by atoms with Crippen LogP contribution < -0.4 is 10.6 Å². The molecule has 0 unspecified atom stereocenters. The molecule has 23 heavy (non-hydrogen) atoms. The Labute approximate surface area is 132 Å². The summed E-state index contributed by atoms with van der Waals surface area (Å²) in [5.74, 6) is -3.42. The molecule has 0 aliphatic rings. The summed E-state index contributed by atoms with van der Waals surface area (Å²) >= 11 is 0. The lowest BCUT2D eigenvalue weighted by Crippen LogP contribution is -2.20. The molecule has 2 rings (SSSR count). The van der Waals surface area contributed by atoms with Crippen LogP contribution in [0.3, 0.4) is 0 Å². The van der Waals surface area contributed by atoms with Gasteiger partial charge in [-0.1, -0.05) is 32.0 Å². The van der Waals surface area contributed by atoms with Crippen LogP contribution in [0.1, 0.15) is 24.2 Å². The Kier molecular flexibility index (Phi) is 5.05. The lowest BCUT2D eigenvalue weighted by molar-refractivity contribution is -0.118. The van der Waals surface area contributed by atoms with Gasteiger partial charge in [0.05, 0.1) is 5.69 Å². The summed E-state index contributed by atoms with van der Waals surface area (Å²) in [4.78, 5) is 23.7. The van der Waals surface area contributed by atoms with E-state index in [9.17, 15) is 18.4 Å². The van der Waals surface area contributed by atoms with E-state index < -0.39 is 35.1 Å². The van der Waals surface area contributed by atoms with Crippen molar-refractivity contribution in [3.63, 3.8) is 0 Å². The van der Waals surface area contributed by atoms with Gasteiger partial charge in [-0.3, -0.25) is 9.59 Å². The van der Waals surface area contributed by atoms with E-state index in [1.54, 1.807) is 44.2 Å². The molecule has 0 spiro atoms. The minimum Gasteiger partial charge on any atom is -0.321 e. The van der Waals surface area contributed by atoms with Crippen LogP contribution >= 0.6 is 0 Å². The first-order valence-electron chi connectivity index (χ1n) is 7.05. The Bertz CT molecular complexity index is 731. The van der Waals surface area contributed by atoms with Crippen LogP contribution in [-0.4, -0.2) is 11.8 Å². The molecule has 2 amide bonds. The van der Waals surface area contributed by atoms with Crippen LogP contribution in [0.5, 0.6) is 0 Å². The summed E-state index contributed by atoms with van der Waals surface area (Å²) in [6.07, 6.45) is 0. The van der Waals surface area contributed by atoms with E-state index >= 15 is 0 Å². The van der Waals surface area contributed by atoms with Crippen LogP contribution in [0.2, 0.25) is 0 Å². The first-order chi connectivity index (χ1) is 10.9. The molecule has 0 aliphatic heterocycles. The van der Waals surface area contributed by atoms with Crippen LogP contribution in [0, 0.1) is 17.6 Å². The zero-order valence-electron chi connectivity index (χ0n) is 12.7. The summed E-state index contributed by atoms with van der Waals surface area (Å²) in [5, 5.41) is 4.56. The van der Waals surface area contributed by atoms with E-state index in [4.69, 9.17) is 0 Å². The predicted molar refractivity (Wildman–Crippen MR) is 84.2 cm³/mol. The number of nitrogens with one attached hydrogen (secondary N) is 2. The lowest BCUT2D eigenvalue weighted by atomic mass is 10.1. The van der Waals surface area contributed by atoms with Gasteiger partial charge < -0.3 is 10.6 Å². The smallest absolute Gasteiger partial charge is 0.255 e. The molecule has 0 bridgehead atoms. The number of benzene rings is 2. The molecule has 2 aromatic rings. The largest absolute Gasteiger partial charge is 0.321 e. The maximum Gasteiger partial charge on any atom is 0.255 e. The Balaban J connectivity index is 2.27. The Morgan fingerprint density at radius 3 is 2.22 bits per heavy atom. The number of hydrogen-bond acceptors (Lipinski definition) is 2. The molecule has 120 valence electrons. The van der Waals surface area contributed by atoms with Crippen molar-refractivity contribution in [2.45, 2.75) is 13.8 Å². The predicted octanol–water partition coefficient (Wildman–Crippen LogP) is 3.81. The molecular weight excluding hydrogens is 302 g/mol. The topological polar surface area (TPSA) is 58.2 Å². The maximum absolute atomic E-state index is 14.4. The third kappa shape index (κ3) is 3.91. The Morgan fingerprint density at radius 2 is 1.61 bits per heavy atom. The minimum absolute atomic E-state index is 0.209. The van der Waals surface area contributed by atoms with E-state index in [0.717, 1.165) is 12.1 Å². The van der Waals surface area contributed by atoms with Crippen molar-refractivity contribution < 1.29 is 18.4 Å². The van der Waals surface area contributed by atoms with Gasteiger partial charge in [0.15, 0.2) is 5.82 Å². The van der Waals surface area contributed by atoms with Crippen LogP contribution in [0.25, 0.3) is 0 Å². The number of halogens is 2. The zero-order chi connectivity index (χ0) is 17.0. The molecule has 2 aromatic carbocycles. The van der Waals surface area contributed by atoms with E-state index in [1.165, 1.54) is 0 Å². The third-order valence-electron chi connectivity index (χ3n) is 3.15. The monoisotopic (exact) mass is 318 g/mol. The van der Waals surface area contributed by atoms with Crippen LogP contribution in [-0.2, 0) is 4.79 Å². The molecule has 0 aliphatic carbocycles. The second kappa shape index (κ2) is 7.00. The van der Waals surface area contributed by atoms with E-state index in [0.29, 0.717) is 5.56 Å². The highest BCUT2D eigenvalue weighted by molar-refractivity contribution is 6.04. The number of hydrogen-bond donors (Lipinski definition) is 2. The van der Waals surface area contributed by atoms with Gasteiger partial charge in [0.25, 0.3) is 5.91 Å². The van der Waals surface area contributed by atoms with Gasteiger partial charge in [-0.2, -0.15) is 0 Å². The number of carbonyl (C=O) groups is 2. The quantitative estimate of drug-likeness (QED) is 0.900. The van der Waals surface area contributed by atoms with E-state index in [-0.39, 0.29) is 5.69 Å². The standard InChI is InChI=1S/C17H16F2N2O2/c1-10(2)16(22)21-15-12(18)8-9-13(14(15)19)20-17(23)11-6-4-3-5-7-11/h3-10H,1-2H3,(H,20,23)(H,21,22).